The highest BCUT2D eigenvalue weighted by Crippen LogP contribution is 2.37. The van der Waals surface area contributed by atoms with E-state index in [1.54, 1.807) is 25.1 Å². The molecule has 4 nitrogen and oxygen atoms in total. The average molecular weight is 426 g/mol. The standard InChI is InChI=1S/C20H18F4N2O2S/c1-26(2)15-8-7-11(20(22,23)24)9-14(15)25-19(27)18-12(10-28-3)17-13(21)5-4-6-16(17)29-18/h4-9H,10H2,1-3H3,(H,25,27). The van der Waals surface area contributed by atoms with Crippen LogP contribution in [0, 0.1) is 5.82 Å². The van der Waals surface area contributed by atoms with Crippen LogP contribution in [0.4, 0.5) is 28.9 Å². The number of nitrogens with one attached hydrogen (secondary N) is 1. The molecule has 0 saturated heterocycles. The summed E-state index contributed by atoms with van der Waals surface area (Å²) in [6, 6.07) is 7.62. The summed E-state index contributed by atoms with van der Waals surface area (Å²) < 4.78 is 59.4. The number of methoxy groups -OCH3 is 1. The number of nitrogens with zero attached hydrogens (tertiary/aromatic N) is 1. The minimum absolute atomic E-state index is 0.00713. The molecule has 1 amide bonds. The highest BCUT2D eigenvalue weighted by Gasteiger charge is 2.31. The number of thiophene rings is 1. The third kappa shape index (κ3) is 4.20. The van der Waals surface area contributed by atoms with Crippen molar-refractivity contribution in [3.8, 4) is 0 Å². The second-order valence-corrected chi connectivity index (χ2v) is 7.59. The molecule has 0 saturated carbocycles. The quantitative estimate of drug-likeness (QED) is 0.546. The number of benzene rings is 2. The van der Waals surface area contributed by atoms with Gasteiger partial charge in [0.25, 0.3) is 5.91 Å². The molecule has 0 unspecified atom stereocenters. The number of alkyl halides is 3. The Bertz CT molecular complexity index is 1060. The summed E-state index contributed by atoms with van der Waals surface area (Å²) in [4.78, 5) is 14.7. The Balaban J connectivity index is 2.07. The van der Waals surface area contributed by atoms with Crippen molar-refractivity contribution in [1.82, 2.24) is 0 Å². The number of amides is 1. The Hall–Kier alpha value is -2.65. The van der Waals surface area contributed by atoms with Gasteiger partial charge in [0.2, 0.25) is 0 Å². The van der Waals surface area contributed by atoms with Crippen molar-refractivity contribution in [3.63, 3.8) is 0 Å². The molecule has 29 heavy (non-hydrogen) atoms. The van der Waals surface area contributed by atoms with E-state index in [-0.39, 0.29) is 22.6 Å². The number of rotatable bonds is 5. The van der Waals surface area contributed by atoms with Gasteiger partial charge < -0.3 is 15.0 Å². The van der Waals surface area contributed by atoms with Crippen molar-refractivity contribution >= 4 is 38.7 Å². The van der Waals surface area contributed by atoms with Gasteiger partial charge in [-0.05, 0) is 30.3 Å². The molecule has 2 aromatic carbocycles. The highest BCUT2D eigenvalue weighted by molar-refractivity contribution is 7.21. The zero-order chi connectivity index (χ0) is 21.3. The van der Waals surface area contributed by atoms with E-state index in [2.05, 4.69) is 5.32 Å². The van der Waals surface area contributed by atoms with Crippen LogP contribution in [0.3, 0.4) is 0 Å². The Kier molecular flexibility index (Phi) is 5.81. The van der Waals surface area contributed by atoms with Crippen LogP contribution in [0.25, 0.3) is 10.1 Å². The maximum Gasteiger partial charge on any atom is 0.416 e. The van der Waals surface area contributed by atoms with Gasteiger partial charge in [-0.1, -0.05) is 6.07 Å². The SMILES string of the molecule is COCc1c(C(=O)Nc2cc(C(F)(F)F)ccc2N(C)C)sc2cccc(F)c12. The van der Waals surface area contributed by atoms with Crippen LogP contribution in [0.5, 0.6) is 0 Å². The van der Waals surface area contributed by atoms with E-state index in [9.17, 15) is 22.4 Å². The van der Waals surface area contributed by atoms with Gasteiger partial charge in [0.1, 0.15) is 5.82 Å². The van der Waals surface area contributed by atoms with Crippen molar-refractivity contribution in [2.45, 2.75) is 12.8 Å². The fourth-order valence-corrected chi connectivity index (χ4v) is 4.13. The molecule has 0 aliphatic rings. The number of carbonyl (C=O) groups excluding carboxylic acids is 1. The van der Waals surface area contributed by atoms with Crippen molar-refractivity contribution in [3.05, 3.63) is 58.2 Å². The second-order valence-electron chi connectivity index (χ2n) is 6.53. The molecule has 0 atom stereocenters. The number of anilines is 2. The van der Waals surface area contributed by atoms with Crippen molar-refractivity contribution < 1.29 is 27.1 Å². The molecule has 3 aromatic rings. The summed E-state index contributed by atoms with van der Waals surface area (Å²) in [5.41, 5.74) is -0.0950. The van der Waals surface area contributed by atoms with Crippen molar-refractivity contribution in [2.24, 2.45) is 0 Å². The van der Waals surface area contributed by atoms with Gasteiger partial charge >= 0.3 is 6.18 Å². The summed E-state index contributed by atoms with van der Waals surface area (Å²) >= 11 is 1.06. The number of fused-ring (bicyclic) bond motifs is 1. The first-order chi connectivity index (χ1) is 13.6. The predicted octanol–water partition coefficient (Wildman–Crippen LogP) is 5.52. The van der Waals surface area contributed by atoms with Crippen LogP contribution in [0.15, 0.2) is 36.4 Å². The van der Waals surface area contributed by atoms with Crippen LogP contribution in [0.2, 0.25) is 0 Å². The number of hydrogen-bond acceptors (Lipinski definition) is 4. The number of hydrogen-bond donors (Lipinski definition) is 1. The smallest absolute Gasteiger partial charge is 0.380 e. The topological polar surface area (TPSA) is 41.6 Å². The van der Waals surface area contributed by atoms with E-state index < -0.39 is 23.5 Å². The monoisotopic (exact) mass is 426 g/mol. The summed E-state index contributed by atoms with van der Waals surface area (Å²) in [5, 5.41) is 2.83. The van der Waals surface area contributed by atoms with Crippen molar-refractivity contribution in [2.75, 3.05) is 31.4 Å². The molecule has 154 valence electrons. The fraction of sp³-hybridized carbons (Fsp3) is 0.250. The van der Waals surface area contributed by atoms with Gasteiger partial charge in [-0.25, -0.2) is 4.39 Å². The molecule has 1 N–H and O–H groups in total. The van der Waals surface area contributed by atoms with Crippen LogP contribution in [0.1, 0.15) is 20.8 Å². The molecule has 3 rings (SSSR count). The van der Waals surface area contributed by atoms with Crippen molar-refractivity contribution in [1.29, 1.82) is 0 Å². The number of halogens is 4. The van der Waals surface area contributed by atoms with Crippen LogP contribution in [-0.4, -0.2) is 27.1 Å². The normalized spacial score (nSPS) is 11.7. The molecule has 0 aliphatic heterocycles. The van der Waals surface area contributed by atoms with E-state index in [1.165, 1.54) is 25.3 Å². The van der Waals surface area contributed by atoms with Gasteiger partial charge in [-0.2, -0.15) is 13.2 Å². The Morgan fingerprint density at radius 3 is 2.55 bits per heavy atom. The summed E-state index contributed by atoms with van der Waals surface area (Å²) in [6.45, 7) is -0.00713. The maximum absolute atomic E-state index is 14.3. The third-order valence-electron chi connectivity index (χ3n) is 4.31. The van der Waals surface area contributed by atoms with Gasteiger partial charge in [0, 0.05) is 36.9 Å². The van der Waals surface area contributed by atoms with Gasteiger partial charge in [0.15, 0.2) is 0 Å². The lowest BCUT2D eigenvalue weighted by atomic mass is 10.1. The second kappa shape index (κ2) is 8.00. The minimum Gasteiger partial charge on any atom is -0.380 e. The lowest BCUT2D eigenvalue weighted by Gasteiger charge is -2.20. The largest absolute Gasteiger partial charge is 0.416 e. The molecule has 1 heterocycles. The first-order valence-electron chi connectivity index (χ1n) is 8.52. The van der Waals surface area contributed by atoms with E-state index in [4.69, 9.17) is 4.74 Å². The van der Waals surface area contributed by atoms with E-state index in [0.29, 0.717) is 16.0 Å². The molecule has 0 aliphatic carbocycles. The number of carbonyl (C=O) groups is 1. The fourth-order valence-electron chi connectivity index (χ4n) is 3.01. The lowest BCUT2D eigenvalue weighted by molar-refractivity contribution is -0.137. The van der Waals surface area contributed by atoms with E-state index in [1.807, 2.05) is 0 Å². The highest BCUT2D eigenvalue weighted by atomic mass is 32.1. The molecule has 9 heteroatoms. The first kappa shape index (κ1) is 21.1. The molecule has 0 radical (unpaired) electrons. The summed E-state index contributed by atoms with van der Waals surface area (Å²) in [6.07, 6.45) is -4.55. The zero-order valence-corrected chi connectivity index (χ0v) is 16.7. The molecule has 0 fully saturated rings. The number of ether oxygens (including phenoxy) is 1. The minimum atomic E-state index is -4.55. The third-order valence-corrected chi connectivity index (χ3v) is 5.51. The van der Waals surface area contributed by atoms with Crippen LogP contribution < -0.4 is 10.2 Å². The summed E-state index contributed by atoms with van der Waals surface area (Å²) in [7, 11) is 4.73. The van der Waals surface area contributed by atoms with Gasteiger partial charge in [0.05, 0.1) is 28.4 Å². The molecular formula is C20H18F4N2O2S. The van der Waals surface area contributed by atoms with Gasteiger partial charge in [-0.3, -0.25) is 4.79 Å². The molecule has 1 aromatic heterocycles. The average Bonchev–Trinajstić information content (AvgIpc) is 3.01. The zero-order valence-electron chi connectivity index (χ0n) is 15.9. The van der Waals surface area contributed by atoms with E-state index >= 15 is 0 Å². The van der Waals surface area contributed by atoms with Crippen LogP contribution >= 0.6 is 11.3 Å². The van der Waals surface area contributed by atoms with E-state index in [0.717, 1.165) is 23.5 Å². The Morgan fingerprint density at radius 2 is 1.93 bits per heavy atom. The van der Waals surface area contributed by atoms with Crippen LogP contribution in [-0.2, 0) is 17.5 Å². The lowest BCUT2D eigenvalue weighted by Crippen LogP contribution is -2.18. The predicted molar refractivity (Wildman–Crippen MR) is 106 cm³/mol. The molecule has 0 spiro atoms. The Morgan fingerprint density at radius 1 is 1.21 bits per heavy atom. The maximum atomic E-state index is 14.3. The molecular weight excluding hydrogens is 408 g/mol. The van der Waals surface area contributed by atoms with Gasteiger partial charge in [-0.15, -0.1) is 11.3 Å². The molecule has 0 bridgehead atoms. The first-order valence-corrected chi connectivity index (χ1v) is 9.34. The summed E-state index contributed by atoms with van der Waals surface area (Å²) in [5.74, 6) is -1.11. The Labute approximate surface area is 168 Å².